The molecule has 27 heavy (non-hydrogen) atoms. The summed E-state index contributed by atoms with van der Waals surface area (Å²) in [7, 11) is 1.61. The fourth-order valence-electron chi connectivity index (χ4n) is 5.01. The molecule has 142 valence electrons. The van der Waals surface area contributed by atoms with E-state index >= 15 is 0 Å². The number of aromatic nitrogens is 2. The van der Waals surface area contributed by atoms with E-state index in [9.17, 15) is 4.79 Å². The predicted molar refractivity (Wildman–Crippen MR) is 95.7 cm³/mol. The van der Waals surface area contributed by atoms with Crippen LogP contribution in [0.15, 0.2) is 35.2 Å². The quantitative estimate of drug-likeness (QED) is 0.853. The highest BCUT2D eigenvalue weighted by molar-refractivity contribution is 5.91. The number of anilines is 1. The van der Waals surface area contributed by atoms with E-state index in [2.05, 4.69) is 20.2 Å². The van der Waals surface area contributed by atoms with Gasteiger partial charge in [-0.2, -0.15) is 0 Å². The van der Waals surface area contributed by atoms with Crippen molar-refractivity contribution in [3.8, 4) is 5.88 Å². The van der Waals surface area contributed by atoms with E-state index in [0.29, 0.717) is 24.1 Å². The van der Waals surface area contributed by atoms with Gasteiger partial charge in [-0.3, -0.25) is 4.79 Å². The first-order valence-electron chi connectivity index (χ1n) is 9.30. The number of nitrogens with one attached hydrogen (secondary N) is 1. The van der Waals surface area contributed by atoms with Crippen LogP contribution < -0.4 is 15.0 Å². The molecule has 3 fully saturated rings. The molecule has 3 saturated heterocycles. The lowest BCUT2D eigenvalue weighted by molar-refractivity contribution is 0.0141. The highest BCUT2D eigenvalue weighted by Crippen LogP contribution is 2.55. The molecule has 8 nitrogen and oxygen atoms in total. The zero-order valence-corrected chi connectivity index (χ0v) is 15.1. The zero-order valence-electron chi connectivity index (χ0n) is 15.1. The van der Waals surface area contributed by atoms with E-state index in [1.54, 1.807) is 31.6 Å². The molecule has 1 amide bonds. The number of ether oxygens (including phenoxy) is 2. The second-order valence-electron chi connectivity index (χ2n) is 7.49. The molecule has 3 aliphatic rings. The van der Waals surface area contributed by atoms with E-state index in [-0.39, 0.29) is 23.5 Å². The number of nitrogens with zero attached hydrogens (tertiary/aromatic N) is 3. The Morgan fingerprint density at radius 2 is 2.33 bits per heavy atom. The van der Waals surface area contributed by atoms with Crippen LogP contribution in [0, 0.1) is 11.8 Å². The molecule has 2 aromatic heterocycles. The molecule has 0 saturated carbocycles. The van der Waals surface area contributed by atoms with E-state index in [1.807, 2.05) is 0 Å². The summed E-state index contributed by atoms with van der Waals surface area (Å²) >= 11 is 0. The second-order valence-corrected chi connectivity index (χ2v) is 7.49. The summed E-state index contributed by atoms with van der Waals surface area (Å²) in [5, 5.41) is 3.01. The predicted octanol–water partition coefficient (Wildman–Crippen LogP) is 1.49. The smallest absolute Gasteiger partial charge is 0.286 e. The van der Waals surface area contributed by atoms with Crippen LogP contribution in [0.4, 0.5) is 5.82 Å². The number of carbonyl (C=O) groups excluding carboxylic acids is 1. The number of hydrogen-bond acceptors (Lipinski definition) is 7. The Labute approximate surface area is 156 Å². The Kier molecular flexibility index (Phi) is 3.82. The van der Waals surface area contributed by atoms with Crippen molar-refractivity contribution >= 4 is 11.7 Å². The molecular formula is C19H22N4O4. The standard InChI is InChI=1S/C19H22N4O4/c1-25-18-16(20-6-7-21-18)23-10-13-12(14-4-5-19(13,11-23)27-14)9-22-17(24)15-3-2-8-26-15/h2-3,6-8,12-14H,4-5,9-11H2,1H3,(H,22,24)/t12-,13+,14+,19+/m0/s1. The second kappa shape index (κ2) is 6.23. The lowest BCUT2D eigenvalue weighted by Crippen LogP contribution is -2.41. The van der Waals surface area contributed by atoms with Crippen molar-refractivity contribution in [1.29, 1.82) is 0 Å². The van der Waals surface area contributed by atoms with Gasteiger partial charge in [-0.25, -0.2) is 9.97 Å². The minimum atomic E-state index is -0.178. The van der Waals surface area contributed by atoms with Gasteiger partial charge < -0.3 is 24.1 Å². The van der Waals surface area contributed by atoms with Crippen molar-refractivity contribution in [2.45, 2.75) is 24.5 Å². The molecule has 2 bridgehead atoms. The Morgan fingerprint density at radius 1 is 1.44 bits per heavy atom. The number of carbonyl (C=O) groups is 1. The maximum Gasteiger partial charge on any atom is 0.286 e. The third kappa shape index (κ3) is 2.58. The first-order chi connectivity index (χ1) is 13.2. The van der Waals surface area contributed by atoms with Gasteiger partial charge in [0.1, 0.15) is 0 Å². The number of hydrogen-bond donors (Lipinski definition) is 1. The summed E-state index contributed by atoms with van der Waals surface area (Å²) in [5.74, 6) is 2.08. The van der Waals surface area contributed by atoms with Crippen molar-refractivity contribution in [2.24, 2.45) is 11.8 Å². The van der Waals surface area contributed by atoms with Crippen LogP contribution in [-0.2, 0) is 4.74 Å². The van der Waals surface area contributed by atoms with Crippen LogP contribution in [0.1, 0.15) is 23.4 Å². The largest absolute Gasteiger partial charge is 0.478 e. The minimum absolute atomic E-state index is 0.159. The van der Waals surface area contributed by atoms with E-state index < -0.39 is 0 Å². The van der Waals surface area contributed by atoms with Crippen molar-refractivity contribution in [3.05, 3.63) is 36.5 Å². The summed E-state index contributed by atoms with van der Waals surface area (Å²) in [5.41, 5.74) is -0.159. The molecule has 1 N–H and O–H groups in total. The average molecular weight is 370 g/mol. The third-order valence-electron chi connectivity index (χ3n) is 6.17. The number of fused-ring (bicyclic) bond motifs is 1. The first kappa shape index (κ1) is 16.6. The van der Waals surface area contributed by atoms with Crippen molar-refractivity contribution in [3.63, 3.8) is 0 Å². The molecule has 0 unspecified atom stereocenters. The van der Waals surface area contributed by atoms with Gasteiger partial charge >= 0.3 is 0 Å². The van der Waals surface area contributed by atoms with Gasteiger partial charge in [0.15, 0.2) is 11.6 Å². The molecule has 3 aliphatic heterocycles. The highest BCUT2D eigenvalue weighted by atomic mass is 16.5. The molecule has 5 heterocycles. The molecule has 2 aromatic rings. The highest BCUT2D eigenvalue weighted by Gasteiger charge is 2.63. The minimum Gasteiger partial charge on any atom is -0.478 e. The maximum absolute atomic E-state index is 12.2. The van der Waals surface area contributed by atoms with Crippen LogP contribution in [0.2, 0.25) is 0 Å². The van der Waals surface area contributed by atoms with Crippen LogP contribution in [-0.4, -0.2) is 54.3 Å². The van der Waals surface area contributed by atoms with E-state index in [4.69, 9.17) is 13.9 Å². The monoisotopic (exact) mass is 370 g/mol. The van der Waals surface area contributed by atoms with Gasteiger partial charge in [0, 0.05) is 43.9 Å². The van der Waals surface area contributed by atoms with Crippen molar-refractivity contribution < 1.29 is 18.7 Å². The fourth-order valence-corrected chi connectivity index (χ4v) is 5.01. The SMILES string of the molecule is COc1nccnc1N1C[C@@H]2[C@H](CNC(=O)c3ccco3)[C@H]3CC[C@]2(C1)O3. The molecule has 0 aliphatic carbocycles. The van der Waals surface area contributed by atoms with Crippen LogP contribution in [0.5, 0.6) is 5.88 Å². The molecule has 4 atom stereocenters. The number of rotatable bonds is 5. The van der Waals surface area contributed by atoms with Gasteiger partial charge in [-0.1, -0.05) is 0 Å². The summed E-state index contributed by atoms with van der Waals surface area (Å²) in [6, 6.07) is 3.39. The Morgan fingerprint density at radius 3 is 3.15 bits per heavy atom. The summed E-state index contributed by atoms with van der Waals surface area (Å²) in [6.07, 6.45) is 7.11. The molecule has 8 heteroatoms. The summed E-state index contributed by atoms with van der Waals surface area (Å²) in [6.45, 7) is 2.20. The maximum atomic E-state index is 12.2. The molecule has 0 radical (unpaired) electrons. The topological polar surface area (TPSA) is 89.7 Å². The third-order valence-corrected chi connectivity index (χ3v) is 6.17. The lowest BCUT2D eigenvalue weighted by atomic mass is 9.73. The van der Waals surface area contributed by atoms with Gasteiger partial charge in [-0.05, 0) is 25.0 Å². The van der Waals surface area contributed by atoms with E-state index in [0.717, 1.165) is 31.7 Å². The van der Waals surface area contributed by atoms with Gasteiger partial charge in [0.05, 0.1) is 25.1 Å². The van der Waals surface area contributed by atoms with Crippen LogP contribution in [0.3, 0.4) is 0 Å². The molecular weight excluding hydrogens is 348 g/mol. The summed E-state index contributed by atoms with van der Waals surface area (Å²) < 4.78 is 17.0. The number of furan rings is 1. The van der Waals surface area contributed by atoms with E-state index in [1.165, 1.54) is 6.26 Å². The van der Waals surface area contributed by atoms with Crippen molar-refractivity contribution in [2.75, 3.05) is 31.6 Å². The Bertz CT molecular complexity index is 842. The average Bonchev–Trinajstić information content (AvgIpc) is 3.46. The number of methoxy groups -OCH3 is 1. The van der Waals surface area contributed by atoms with Gasteiger partial charge in [-0.15, -0.1) is 0 Å². The fraction of sp³-hybridized carbons (Fsp3) is 0.526. The van der Waals surface area contributed by atoms with Crippen LogP contribution >= 0.6 is 0 Å². The van der Waals surface area contributed by atoms with Gasteiger partial charge in [0.2, 0.25) is 0 Å². The Hall–Kier alpha value is -2.61. The lowest BCUT2D eigenvalue weighted by Gasteiger charge is -2.29. The molecule has 1 spiro atoms. The van der Waals surface area contributed by atoms with Crippen LogP contribution in [0.25, 0.3) is 0 Å². The number of amides is 1. The Balaban J connectivity index is 1.33. The first-order valence-corrected chi connectivity index (χ1v) is 9.30. The molecule has 0 aromatic carbocycles. The van der Waals surface area contributed by atoms with Crippen molar-refractivity contribution in [1.82, 2.24) is 15.3 Å². The van der Waals surface area contributed by atoms with Gasteiger partial charge in [0.25, 0.3) is 11.8 Å². The molecule has 5 rings (SSSR count). The summed E-state index contributed by atoms with van der Waals surface area (Å²) in [4.78, 5) is 23.2. The zero-order chi connectivity index (χ0) is 18.4. The normalized spacial score (nSPS) is 31.1.